The minimum atomic E-state index is -0.607. The van der Waals surface area contributed by atoms with E-state index in [-0.39, 0.29) is 58.7 Å². The highest BCUT2D eigenvalue weighted by Gasteiger charge is 2.65. The molecule has 0 radical (unpaired) electrons. The van der Waals surface area contributed by atoms with Crippen LogP contribution in [0.3, 0.4) is 0 Å². The second-order valence-corrected chi connectivity index (χ2v) is 13.1. The van der Waals surface area contributed by atoms with E-state index >= 15 is 0 Å². The van der Waals surface area contributed by atoms with Gasteiger partial charge < -0.3 is 14.2 Å². The molecule has 7 atom stereocenters. The highest BCUT2D eigenvalue weighted by molar-refractivity contribution is 5.88. The molecule has 6 heteroatoms. The van der Waals surface area contributed by atoms with E-state index < -0.39 is 5.60 Å². The van der Waals surface area contributed by atoms with Gasteiger partial charge in [-0.15, -0.1) is 0 Å². The fraction of sp³-hybridized carbons (Fsp3) is 0.656. The van der Waals surface area contributed by atoms with Crippen molar-refractivity contribution in [3.05, 3.63) is 46.6 Å². The standard InChI is InChI=1S/C32H42O6/c1-18-8-12-26(37-29(18)35)19(2)25-17-27(36-20(3)33)32(7)24-11-10-23-21(9-13-28(34)38-30(23,4)5)16-22(24)14-15-31(25,32)6/h8-9,13,16,19,23,25-27H,10-12,14-15,17H2,1-7H3/t19-,23+,25+,26?,27+,31+,32+/m0/s1. The fourth-order valence-electron chi connectivity index (χ4n) is 8.52. The first-order chi connectivity index (χ1) is 17.8. The quantitative estimate of drug-likeness (QED) is 0.326. The van der Waals surface area contributed by atoms with E-state index in [9.17, 15) is 14.4 Å². The van der Waals surface area contributed by atoms with E-state index in [0.29, 0.717) is 5.57 Å². The maximum atomic E-state index is 12.4. The molecule has 206 valence electrons. The Morgan fingerprint density at radius 2 is 1.87 bits per heavy atom. The molecule has 1 fully saturated rings. The predicted molar refractivity (Wildman–Crippen MR) is 144 cm³/mol. The van der Waals surface area contributed by atoms with Crippen LogP contribution >= 0.6 is 0 Å². The monoisotopic (exact) mass is 522 g/mol. The molecule has 0 saturated heterocycles. The van der Waals surface area contributed by atoms with Crippen molar-refractivity contribution in [2.75, 3.05) is 0 Å². The van der Waals surface area contributed by atoms with Crippen LogP contribution in [-0.2, 0) is 28.6 Å². The lowest BCUT2D eigenvalue weighted by atomic mass is 9.52. The molecular formula is C32H42O6. The van der Waals surface area contributed by atoms with Crippen molar-refractivity contribution in [2.45, 2.75) is 105 Å². The van der Waals surface area contributed by atoms with Gasteiger partial charge in [-0.05, 0) is 81.3 Å². The van der Waals surface area contributed by atoms with Crippen molar-refractivity contribution in [3.63, 3.8) is 0 Å². The predicted octanol–water partition coefficient (Wildman–Crippen LogP) is 6.17. The molecule has 1 unspecified atom stereocenters. The van der Waals surface area contributed by atoms with Crippen LogP contribution in [-0.4, -0.2) is 35.7 Å². The number of carbonyl (C=O) groups excluding carboxylic acids is 3. The van der Waals surface area contributed by atoms with Crippen LogP contribution in [0.2, 0.25) is 0 Å². The molecule has 0 spiro atoms. The summed E-state index contributed by atoms with van der Waals surface area (Å²) in [6.45, 7) is 14.2. The SMILES string of the molecule is CC(=O)O[C@@H]1C[C@H]([C@H](C)C2CC=C(C)C(=O)O2)[C@@]2(C)CCC3=C(CC[C@@H]4C(=C3)C=CC(=O)OC4(C)C)[C@]12C. The summed E-state index contributed by atoms with van der Waals surface area (Å²) >= 11 is 0. The number of carbonyl (C=O) groups is 3. The third kappa shape index (κ3) is 4.10. The van der Waals surface area contributed by atoms with Crippen LogP contribution in [0.4, 0.5) is 0 Å². The first-order valence-electron chi connectivity index (χ1n) is 14.2. The Bertz CT molecular complexity index is 1180. The van der Waals surface area contributed by atoms with Crippen LogP contribution in [0, 0.1) is 28.6 Å². The number of esters is 3. The van der Waals surface area contributed by atoms with Crippen LogP contribution < -0.4 is 0 Å². The molecule has 6 nitrogen and oxygen atoms in total. The molecule has 0 aromatic carbocycles. The molecular weight excluding hydrogens is 480 g/mol. The van der Waals surface area contributed by atoms with Crippen LogP contribution in [0.25, 0.3) is 0 Å². The van der Waals surface area contributed by atoms with Gasteiger partial charge in [-0.3, -0.25) is 4.79 Å². The zero-order valence-electron chi connectivity index (χ0n) is 23.9. The average Bonchev–Trinajstić information content (AvgIpc) is 2.96. The normalized spacial score (nSPS) is 38.8. The van der Waals surface area contributed by atoms with E-state index in [1.807, 2.05) is 26.0 Å². The van der Waals surface area contributed by atoms with Crippen molar-refractivity contribution in [1.82, 2.24) is 0 Å². The Balaban J connectivity index is 1.56. The Morgan fingerprint density at radius 1 is 1.13 bits per heavy atom. The zero-order valence-corrected chi connectivity index (χ0v) is 23.9. The molecule has 0 amide bonds. The highest BCUT2D eigenvalue weighted by Crippen LogP contribution is 2.69. The molecule has 0 aromatic heterocycles. The van der Waals surface area contributed by atoms with Crippen molar-refractivity contribution >= 4 is 17.9 Å². The van der Waals surface area contributed by atoms with Crippen molar-refractivity contribution < 1.29 is 28.6 Å². The molecule has 3 aliphatic carbocycles. The number of hydrogen-bond donors (Lipinski definition) is 0. The molecule has 1 saturated carbocycles. The van der Waals surface area contributed by atoms with Crippen LogP contribution in [0.5, 0.6) is 0 Å². The minimum Gasteiger partial charge on any atom is -0.462 e. The molecule has 0 N–H and O–H groups in total. The minimum absolute atomic E-state index is 0.0885. The molecule has 2 aliphatic heterocycles. The summed E-state index contributed by atoms with van der Waals surface area (Å²) in [5.41, 5.74) is 3.42. The molecule has 38 heavy (non-hydrogen) atoms. The number of fused-ring (bicyclic) bond motifs is 3. The summed E-state index contributed by atoms with van der Waals surface area (Å²) in [5.74, 6) is -0.325. The summed E-state index contributed by atoms with van der Waals surface area (Å²) in [4.78, 5) is 37.0. The summed E-state index contributed by atoms with van der Waals surface area (Å²) in [7, 11) is 0. The van der Waals surface area contributed by atoms with Gasteiger partial charge in [0.1, 0.15) is 17.8 Å². The first kappa shape index (κ1) is 27.0. The topological polar surface area (TPSA) is 78.9 Å². The lowest BCUT2D eigenvalue weighted by Crippen LogP contribution is -2.49. The molecule has 5 aliphatic rings. The van der Waals surface area contributed by atoms with Gasteiger partial charge in [0.15, 0.2) is 0 Å². The highest BCUT2D eigenvalue weighted by atomic mass is 16.6. The Hall–Kier alpha value is -2.63. The third-order valence-corrected chi connectivity index (χ3v) is 10.9. The van der Waals surface area contributed by atoms with Gasteiger partial charge in [0.2, 0.25) is 0 Å². The third-order valence-electron chi connectivity index (χ3n) is 10.9. The number of allylic oxidation sites excluding steroid dienone is 3. The maximum absolute atomic E-state index is 12.4. The van der Waals surface area contributed by atoms with Crippen molar-refractivity contribution in [3.8, 4) is 0 Å². The number of hydrogen-bond acceptors (Lipinski definition) is 6. The number of cyclic esters (lactones) is 2. The van der Waals surface area contributed by atoms with Crippen molar-refractivity contribution in [2.24, 2.45) is 28.6 Å². The second kappa shape index (κ2) is 9.24. The molecule has 0 aromatic rings. The summed E-state index contributed by atoms with van der Waals surface area (Å²) in [6, 6.07) is 0. The lowest BCUT2D eigenvalue weighted by Gasteiger charge is -2.53. The van der Waals surface area contributed by atoms with E-state index in [2.05, 4.69) is 26.8 Å². The smallest absolute Gasteiger partial charge is 0.333 e. The Labute approximate surface area is 226 Å². The largest absolute Gasteiger partial charge is 0.462 e. The van der Waals surface area contributed by atoms with Gasteiger partial charge >= 0.3 is 17.9 Å². The Morgan fingerprint density at radius 3 is 2.55 bits per heavy atom. The summed E-state index contributed by atoms with van der Waals surface area (Å²) in [5, 5.41) is 0. The van der Waals surface area contributed by atoms with Gasteiger partial charge in [0.05, 0.1) is 0 Å². The zero-order chi connectivity index (χ0) is 27.6. The van der Waals surface area contributed by atoms with Gasteiger partial charge in [-0.2, -0.15) is 0 Å². The van der Waals surface area contributed by atoms with E-state index in [4.69, 9.17) is 14.2 Å². The Kier molecular flexibility index (Phi) is 6.55. The second-order valence-electron chi connectivity index (χ2n) is 13.1. The van der Waals surface area contributed by atoms with E-state index in [1.54, 1.807) is 13.0 Å². The molecule has 2 heterocycles. The summed E-state index contributed by atoms with van der Waals surface area (Å²) in [6.07, 6.45) is 12.4. The lowest BCUT2D eigenvalue weighted by molar-refractivity contribution is -0.154. The van der Waals surface area contributed by atoms with E-state index in [0.717, 1.165) is 44.1 Å². The van der Waals surface area contributed by atoms with E-state index in [1.165, 1.54) is 18.1 Å². The maximum Gasteiger partial charge on any atom is 0.333 e. The fourth-order valence-corrected chi connectivity index (χ4v) is 8.52. The van der Waals surface area contributed by atoms with Crippen LogP contribution in [0.15, 0.2) is 46.6 Å². The van der Waals surface area contributed by atoms with Crippen LogP contribution in [0.1, 0.15) is 87.0 Å². The van der Waals surface area contributed by atoms with Gasteiger partial charge in [-0.1, -0.05) is 44.6 Å². The summed E-state index contributed by atoms with van der Waals surface area (Å²) < 4.78 is 17.9. The first-order valence-corrected chi connectivity index (χ1v) is 14.2. The average molecular weight is 523 g/mol. The van der Waals surface area contributed by atoms with Gasteiger partial charge in [0, 0.05) is 36.3 Å². The van der Waals surface area contributed by atoms with Gasteiger partial charge in [-0.25, -0.2) is 9.59 Å². The number of rotatable bonds is 3. The number of ether oxygens (including phenoxy) is 3. The van der Waals surface area contributed by atoms with Gasteiger partial charge in [0.25, 0.3) is 0 Å². The molecule has 5 rings (SSSR count). The molecule has 0 bridgehead atoms. The van der Waals surface area contributed by atoms with Crippen molar-refractivity contribution in [1.29, 1.82) is 0 Å².